The van der Waals surface area contributed by atoms with Gasteiger partial charge in [0.15, 0.2) is 0 Å². The third-order valence-corrected chi connectivity index (χ3v) is 4.81. The highest BCUT2D eigenvalue weighted by Crippen LogP contribution is 2.26. The van der Waals surface area contributed by atoms with Gasteiger partial charge >= 0.3 is 0 Å². The Bertz CT molecular complexity index is 1020. The van der Waals surface area contributed by atoms with Gasteiger partial charge in [-0.15, -0.1) is 10.2 Å². The molecule has 0 saturated carbocycles. The molecule has 10 heteroatoms. The van der Waals surface area contributed by atoms with Crippen molar-refractivity contribution in [1.82, 2.24) is 15.1 Å². The number of carbonyl (C=O) groups is 1. The standard InChI is InChI=1S/C19H18N4O5S/c1-22(11-13-5-3-8-16(9-13)27-2)17(24)12-29-19-21-20-18(28-19)14-6-4-7-15(10-14)23(25)26/h3-10H,11-12H2,1-2H3. The fraction of sp³-hybridized carbons (Fsp3) is 0.211. The van der Waals surface area contributed by atoms with E-state index in [1.807, 2.05) is 24.3 Å². The predicted molar refractivity (Wildman–Crippen MR) is 107 cm³/mol. The number of hydrogen-bond acceptors (Lipinski definition) is 8. The minimum Gasteiger partial charge on any atom is -0.497 e. The van der Waals surface area contributed by atoms with Gasteiger partial charge in [0, 0.05) is 31.3 Å². The molecule has 0 unspecified atom stereocenters. The summed E-state index contributed by atoms with van der Waals surface area (Å²) in [7, 11) is 3.31. The Morgan fingerprint density at radius 2 is 2.03 bits per heavy atom. The normalized spacial score (nSPS) is 10.6. The van der Waals surface area contributed by atoms with E-state index >= 15 is 0 Å². The number of aromatic nitrogens is 2. The van der Waals surface area contributed by atoms with Crippen LogP contribution in [0.4, 0.5) is 5.69 Å². The van der Waals surface area contributed by atoms with Gasteiger partial charge in [-0.3, -0.25) is 14.9 Å². The number of amides is 1. The fourth-order valence-electron chi connectivity index (χ4n) is 2.50. The monoisotopic (exact) mass is 414 g/mol. The van der Waals surface area contributed by atoms with Gasteiger partial charge in [0.2, 0.25) is 11.8 Å². The summed E-state index contributed by atoms with van der Waals surface area (Å²) in [5.74, 6) is 0.912. The minimum atomic E-state index is -0.494. The van der Waals surface area contributed by atoms with Crippen LogP contribution in [0.25, 0.3) is 11.5 Å². The summed E-state index contributed by atoms with van der Waals surface area (Å²) >= 11 is 1.11. The van der Waals surface area contributed by atoms with Gasteiger partial charge in [0.1, 0.15) is 5.75 Å². The van der Waals surface area contributed by atoms with E-state index in [9.17, 15) is 14.9 Å². The van der Waals surface area contributed by atoms with E-state index in [2.05, 4.69) is 10.2 Å². The third-order valence-electron chi connectivity index (χ3n) is 4.01. The van der Waals surface area contributed by atoms with Crippen molar-refractivity contribution in [3.05, 3.63) is 64.2 Å². The molecule has 0 aliphatic rings. The number of nitrogens with zero attached hydrogens (tertiary/aromatic N) is 4. The fourth-order valence-corrected chi connectivity index (χ4v) is 3.21. The van der Waals surface area contributed by atoms with Crippen molar-refractivity contribution in [3.8, 4) is 17.2 Å². The van der Waals surface area contributed by atoms with Crippen LogP contribution in [0.3, 0.4) is 0 Å². The van der Waals surface area contributed by atoms with Gasteiger partial charge in [0.25, 0.3) is 10.9 Å². The van der Waals surface area contributed by atoms with Crippen molar-refractivity contribution < 1.29 is 18.9 Å². The molecule has 0 radical (unpaired) electrons. The van der Waals surface area contributed by atoms with Crippen LogP contribution >= 0.6 is 11.8 Å². The molecule has 0 aliphatic carbocycles. The number of nitro groups is 1. The molecule has 0 N–H and O–H groups in total. The molecule has 0 bridgehead atoms. The van der Waals surface area contributed by atoms with Crippen molar-refractivity contribution in [1.29, 1.82) is 0 Å². The summed E-state index contributed by atoms with van der Waals surface area (Å²) < 4.78 is 10.7. The third kappa shape index (κ3) is 5.32. The van der Waals surface area contributed by atoms with Crippen LogP contribution in [0, 0.1) is 10.1 Å². The zero-order valence-electron chi connectivity index (χ0n) is 15.8. The first-order valence-corrected chi connectivity index (χ1v) is 9.53. The Hall–Kier alpha value is -3.40. The molecule has 29 heavy (non-hydrogen) atoms. The molecule has 3 rings (SSSR count). The molecule has 1 amide bonds. The molecule has 0 aliphatic heterocycles. The molecule has 0 fully saturated rings. The molecule has 0 spiro atoms. The second-order valence-electron chi connectivity index (χ2n) is 6.07. The van der Waals surface area contributed by atoms with Crippen molar-refractivity contribution in [2.75, 3.05) is 19.9 Å². The van der Waals surface area contributed by atoms with Gasteiger partial charge in [0.05, 0.1) is 17.8 Å². The Balaban J connectivity index is 1.58. The van der Waals surface area contributed by atoms with Gasteiger partial charge in [-0.2, -0.15) is 0 Å². The summed E-state index contributed by atoms with van der Waals surface area (Å²) in [6.07, 6.45) is 0. The van der Waals surface area contributed by atoms with E-state index in [0.717, 1.165) is 23.1 Å². The smallest absolute Gasteiger partial charge is 0.277 e. The molecule has 150 valence electrons. The summed E-state index contributed by atoms with van der Waals surface area (Å²) in [6.45, 7) is 0.444. The zero-order chi connectivity index (χ0) is 20.8. The van der Waals surface area contributed by atoms with Gasteiger partial charge < -0.3 is 14.1 Å². The number of benzene rings is 2. The van der Waals surface area contributed by atoms with Gasteiger partial charge in [-0.1, -0.05) is 30.0 Å². The number of methoxy groups -OCH3 is 1. The number of carbonyl (C=O) groups excluding carboxylic acids is 1. The maximum absolute atomic E-state index is 12.4. The number of hydrogen-bond donors (Lipinski definition) is 0. The first kappa shape index (κ1) is 20.3. The Morgan fingerprint density at radius 3 is 2.79 bits per heavy atom. The molecule has 3 aromatic rings. The topological polar surface area (TPSA) is 112 Å². The summed E-state index contributed by atoms with van der Waals surface area (Å²) in [5, 5.41) is 18.9. The van der Waals surface area contributed by atoms with Gasteiger partial charge in [-0.25, -0.2) is 0 Å². The summed E-state index contributed by atoms with van der Waals surface area (Å²) in [5.41, 5.74) is 1.33. The lowest BCUT2D eigenvalue weighted by atomic mass is 10.2. The lowest BCUT2D eigenvalue weighted by Crippen LogP contribution is -2.27. The quantitative estimate of drug-likeness (QED) is 0.313. The molecular formula is C19H18N4O5S. The van der Waals surface area contributed by atoms with Crippen molar-refractivity contribution >= 4 is 23.4 Å². The van der Waals surface area contributed by atoms with Crippen LogP contribution in [0.2, 0.25) is 0 Å². The molecule has 9 nitrogen and oxygen atoms in total. The number of thioether (sulfide) groups is 1. The molecule has 0 atom stereocenters. The lowest BCUT2D eigenvalue weighted by Gasteiger charge is -2.17. The van der Waals surface area contributed by atoms with E-state index in [1.165, 1.54) is 12.1 Å². The minimum absolute atomic E-state index is 0.0655. The van der Waals surface area contributed by atoms with E-state index < -0.39 is 4.92 Å². The molecule has 1 heterocycles. The first-order valence-electron chi connectivity index (χ1n) is 8.54. The molecular weight excluding hydrogens is 396 g/mol. The van der Waals surface area contributed by atoms with Crippen molar-refractivity contribution in [3.63, 3.8) is 0 Å². The Kier molecular flexibility index (Phi) is 6.45. The molecule has 1 aromatic heterocycles. The van der Waals surface area contributed by atoms with E-state index in [0.29, 0.717) is 12.1 Å². The van der Waals surface area contributed by atoms with Crippen LogP contribution in [0.1, 0.15) is 5.56 Å². The molecule has 2 aromatic carbocycles. The summed E-state index contributed by atoms with van der Waals surface area (Å²) in [6, 6.07) is 13.4. The number of non-ortho nitro benzene ring substituents is 1. The predicted octanol–water partition coefficient (Wildman–Crippen LogP) is 3.40. The largest absolute Gasteiger partial charge is 0.497 e. The highest BCUT2D eigenvalue weighted by atomic mass is 32.2. The zero-order valence-corrected chi connectivity index (χ0v) is 16.6. The van der Waals surface area contributed by atoms with E-state index in [1.54, 1.807) is 31.2 Å². The lowest BCUT2D eigenvalue weighted by molar-refractivity contribution is -0.384. The second kappa shape index (κ2) is 9.20. The highest BCUT2D eigenvalue weighted by molar-refractivity contribution is 7.99. The average molecular weight is 414 g/mol. The highest BCUT2D eigenvalue weighted by Gasteiger charge is 2.16. The second-order valence-corrected chi connectivity index (χ2v) is 7.00. The Morgan fingerprint density at radius 1 is 1.24 bits per heavy atom. The first-order chi connectivity index (χ1) is 14.0. The van der Waals surface area contributed by atoms with E-state index in [-0.39, 0.29) is 28.5 Å². The Labute approximate surface area is 170 Å². The van der Waals surface area contributed by atoms with Crippen LogP contribution in [0.15, 0.2) is 58.2 Å². The van der Waals surface area contributed by atoms with Crippen LogP contribution in [0.5, 0.6) is 5.75 Å². The number of nitro benzene ring substituents is 1. The number of ether oxygens (including phenoxy) is 1. The van der Waals surface area contributed by atoms with E-state index in [4.69, 9.17) is 9.15 Å². The average Bonchev–Trinajstić information content (AvgIpc) is 3.21. The maximum atomic E-state index is 12.4. The summed E-state index contributed by atoms with van der Waals surface area (Å²) in [4.78, 5) is 24.4. The SMILES string of the molecule is COc1cccc(CN(C)C(=O)CSc2nnc(-c3cccc([N+](=O)[O-])c3)o2)c1. The van der Waals surface area contributed by atoms with Gasteiger partial charge in [-0.05, 0) is 23.8 Å². The number of rotatable bonds is 8. The maximum Gasteiger partial charge on any atom is 0.277 e. The van der Waals surface area contributed by atoms with Crippen LogP contribution in [-0.4, -0.2) is 45.8 Å². The van der Waals surface area contributed by atoms with Crippen molar-refractivity contribution in [2.45, 2.75) is 11.8 Å². The van der Waals surface area contributed by atoms with Crippen LogP contribution < -0.4 is 4.74 Å². The van der Waals surface area contributed by atoms with Crippen molar-refractivity contribution in [2.24, 2.45) is 0 Å². The molecule has 0 saturated heterocycles. The van der Waals surface area contributed by atoms with Crippen LogP contribution in [-0.2, 0) is 11.3 Å².